The van der Waals surface area contributed by atoms with Crippen LogP contribution in [0.4, 0.5) is 4.39 Å². The monoisotopic (exact) mass is 280 g/mol. The van der Waals surface area contributed by atoms with Crippen molar-refractivity contribution in [3.8, 4) is 0 Å². The molecule has 0 saturated carbocycles. The predicted molar refractivity (Wildman–Crippen MR) is 76.9 cm³/mol. The van der Waals surface area contributed by atoms with Gasteiger partial charge in [-0.15, -0.1) is 0 Å². The van der Waals surface area contributed by atoms with Crippen molar-refractivity contribution in [1.29, 1.82) is 0 Å². The van der Waals surface area contributed by atoms with Crippen molar-refractivity contribution in [3.05, 3.63) is 58.6 Å². The number of nitrogens with zero attached hydrogens (tertiary/aromatic N) is 1. The van der Waals surface area contributed by atoms with E-state index in [1.54, 1.807) is 12.1 Å². The molecule has 1 aromatic carbocycles. The standard InChI is InChI=1S/C15H18ClFN2/c1-2-13(18)9-14-4-3-7-19(14)10-11-8-12(16)5-6-15(11)17/h3-8,13H,2,9-10,18H2,1H3. The van der Waals surface area contributed by atoms with E-state index < -0.39 is 0 Å². The summed E-state index contributed by atoms with van der Waals surface area (Å²) < 4.78 is 15.7. The van der Waals surface area contributed by atoms with Crippen molar-refractivity contribution in [3.63, 3.8) is 0 Å². The molecule has 0 aliphatic rings. The van der Waals surface area contributed by atoms with Crippen molar-refractivity contribution < 1.29 is 4.39 Å². The van der Waals surface area contributed by atoms with Gasteiger partial charge in [-0.2, -0.15) is 0 Å². The summed E-state index contributed by atoms with van der Waals surface area (Å²) in [5, 5.41) is 0.551. The molecular formula is C15H18ClFN2. The lowest BCUT2D eigenvalue weighted by Gasteiger charge is -2.13. The van der Waals surface area contributed by atoms with Gasteiger partial charge in [-0.3, -0.25) is 0 Å². The second kappa shape index (κ2) is 6.22. The van der Waals surface area contributed by atoms with E-state index in [-0.39, 0.29) is 11.9 Å². The number of halogens is 2. The van der Waals surface area contributed by atoms with E-state index in [1.165, 1.54) is 6.07 Å². The molecular weight excluding hydrogens is 263 g/mol. The van der Waals surface area contributed by atoms with Crippen LogP contribution in [0.2, 0.25) is 5.02 Å². The Hall–Kier alpha value is -1.32. The van der Waals surface area contributed by atoms with Crippen LogP contribution >= 0.6 is 11.6 Å². The molecule has 0 fully saturated rings. The van der Waals surface area contributed by atoms with Gasteiger partial charge in [0.1, 0.15) is 5.82 Å². The number of rotatable bonds is 5. The Labute approximate surface area is 118 Å². The zero-order chi connectivity index (χ0) is 13.8. The van der Waals surface area contributed by atoms with Gasteiger partial charge in [-0.1, -0.05) is 18.5 Å². The Kier molecular flexibility index (Phi) is 4.61. The molecule has 1 unspecified atom stereocenters. The number of hydrogen-bond acceptors (Lipinski definition) is 1. The van der Waals surface area contributed by atoms with E-state index in [2.05, 4.69) is 6.92 Å². The SMILES string of the molecule is CCC(N)Cc1cccn1Cc1cc(Cl)ccc1F. The highest BCUT2D eigenvalue weighted by molar-refractivity contribution is 6.30. The van der Waals surface area contributed by atoms with Crippen molar-refractivity contribution >= 4 is 11.6 Å². The first-order valence-electron chi connectivity index (χ1n) is 6.43. The Morgan fingerprint density at radius 2 is 2.16 bits per heavy atom. The fraction of sp³-hybridized carbons (Fsp3) is 0.333. The van der Waals surface area contributed by atoms with E-state index in [9.17, 15) is 4.39 Å². The van der Waals surface area contributed by atoms with Gasteiger partial charge in [0.05, 0.1) is 6.54 Å². The minimum absolute atomic E-state index is 0.137. The normalized spacial score (nSPS) is 12.6. The lowest BCUT2D eigenvalue weighted by molar-refractivity contribution is 0.582. The second-order valence-electron chi connectivity index (χ2n) is 4.74. The van der Waals surface area contributed by atoms with Crippen molar-refractivity contribution in [2.45, 2.75) is 32.4 Å². The Balaban J connectivity index is 2.19. The quantitative estimate of drug-likeness (QED) is 0.891. The van der Waals surface area contributed by atoms with Crippen molar-refractivity contribution in [2.24, 2.45) is 5.73 Å². The molecule has 2 aromatic rings. The first-order chi connectivity index (χ1) is 9.10. The van der Waals surface area contributed by atoms with Crippen LogP contribution in [-0.2, 0) is 13.0 Å². The summed E-state index contributed by atoms with van der Waals surface area (Å²) in [4.78, 5) is 0. The highest BCUT2D eigenvalue weighted by Crippen LogP contribution is 2.17. The minimum Gasteiger partial charge on any atom is -0.347 e. The Morgan fingerprint density at radius 3 is 2.89 bits per heavy atom. The van der Waals surface area contributed by atoms with E-state index in [0.29, 0.717) is 17.1 Å². The van der Waals surface area contributed by atoms with E-state index in [1.807, 2.05) is 22.9 Å². The third-order valence-electron chi connectivity index (χ3n) is 3.27. The smallest absolute Gasteiger partial charge is 0.128 e. The second-order valence-corrected chi connectivity index (χ2v) is 5.17. The molecule has 1 heterocycles. The fourth-order valence-electron chi connectivity index (χ4n) is 2.05. The third-order valence-corrected chi connectivity index (χ3v) is 3.50. The summed E-state index contributed by atoms with van der Waals surface area (Å²) >= 11 is 5.91. The molecule has 2 rings (SSSR count). The Morgan fingerprint density at radius 1 is 1.37 bits per heavy atom. The molecule has 0 bridgehead atoms. The molecule has 0 aliphatic carbocycles. The van der Waals surface area contributed by atoms with Crippen LogP contribution in [0.1, 0.15) is 24.6 Å². The fourth-order valence-corrected chi connectivity index (χ4v) is 2.24. The van der Waals surface area contributed by atoms with Crippen LogP contribution in [0.3, 0.4) is 0 Å². The van der Waals surface area contributed by atoms with Gasteiger partial charge in [-0.05, 0) is 36.8 Å². The van der Waals surface area contributed by atoms with Crippen LogP contribution in [-0.4, -0.2) is 10.6 Å². The maximum absolute atomic E-state index is 13.7. The molecule has 1 atom stereocenters. The summed E-state index contributed by atoms with van der Waals surface area (Å²) in [6.45, 7) is 2.54. The zero-order valence-electron chi connectivity index (χ0n) is 10.9. The predicted octanol–water partition coefficient (Wildman–Crippen LogP) is 3.61. The molecule has 2 nitrogen and oxygen atoms in total. The summed E-state index contributed by atoms with van der Waals surface area (Å²) in [7, 11) is 0. The Bertz CT molecular complexity index is 551. The molecule has 102 valence electrons. The van der Waals surface area contributed by atoms with E-state index in [0.717, 1.165) is 18.5 Å². The van der Waals surface area contributed by atoms with E-state index >= 15 is 0 Å². The van der Waals surface area contributed by atoms with Gasteiger partial charge in [-0.25, -0.2) is 4.39 Å². The molecule has 19 heavy (non-hydrogen) atoms. The molecule has 4 heteroatoms. The molecule has 0 saturated heterocycles. The van der Waals surface area contributed by atoms with Gasteiger partial charge in [0.2, 0.25) is 0 Å². The highest BCUT2D eigenvalue weighted by atomic mass is 35.5. The van der Waals surface area contributed by atoms with Crippen LogP contribution in [0.5, 0.6) is 0 Å². The first kappa shape index (κ1) is 14.1. The van der Waals surface area contributed by atoms with Gasteiger partial charge in [0.15, 0.2) is 0 Å². The average molecular weight is 281 g/mol. The lowest BCUT2D eigenvalue weighted by atomic mass is 10.1. The topological polar surface area (TPSA) is 30.9 Å². The molecule has 0 radical (unpaired) electrons. The molecule has 0 amide bonds. The number of benzene rings is 1. The van der Waals surface area contributed by atoms with Crippen LogP contribution < -0.4 is 5.73 Å². The lowest BCUT2D eigenvalue weighted by Crippen LogP contribution is -2.23. The summed E-state index contributed by atoms with van der Waals surface area (Å²) in [6, 6.07) is 8.75. The number of nitrogens with two attached hydrogens (primary N) is 1. The van der Waals surface area contributed by atoms with Crippen LogP contribution in [0, 0.1) is 5.82 Å². The number of aromatic nitrogens is 1. The van der Waals surface area contributed by atoms with E-state index in [4.69, 9.17) is 17.3 Å². The summed E-state index contributed by atoms with van der Waals surface area (Å²) in [5.74, 6) is -0.233. The first-order valence-corrected chi connectivity index (χ1v) is 6.81. The molecule has 0 aliphatic heterocycles. The highest BCUT2D eigenvalue weighted by Gasteiger charge is 2.09. The maximum Gasteiger partial charge on any atom is 0.128 e. The van der Waals surface area contributed by atoms with Gasteiger partial charge in [0.25, 0.3) is 0 Å². The third kappa shape index (κ3) is 3.58. The largest absolute Gasteiger partial charge is 0.347 e. The van der Waals surface area contributed by atoms with Gasteiger partial charge >= 0.3 is 0 Å². The molecule has 0 spiro atoms. The van der Waals surface area contributed by atoms with Crippen molar-refractivity contribution in [1.82, 2.24) is 4.57 Å². The minimum atomic E-state index is -0.233. The average Bonchev–Trinajstić information content (AvgIpc) is 2.81. The molecule has 2 N–H and O–H groups in total. The van der Waals surface area contributed by atoms with Crippen molar-refractivity contribution in [2.75, 3.05) is 0 Å². The summed E-state index contributed by atoms with van der Waals surface area (Å²) in [6.07, 6.45) is 3.67. The number of hydrogen-bond donors (Lipinski definition) is 1. The van der Waals surface area contributed by atoms with Crippen LogP contribution in [0.25, 0.3) is 0 Å². The summed E-state index contributed by atoms with van der Waals surface area (Å²) in [5.41, 5.74) is 7.68. The zero-order valence-corrected chi connectivity index (χ0v) is 11.7. The molecule has 1 aromatic heterocycles. The maximum atomic E-state index is 13.7. The van der Waals surface area contributed by atoms with Crippen LogP contribution in [0.15, 0.2) is 36.5 Å². The van der Waals surface area contributed by atoms with Gasteiger partial charge in [0, 0.05) is 34.9 Å². The van der Waals surface area contributed by atoms with Gasteiger partial charge < -0.3 is 10.3 Å².